The van der Waals surface area contributed by atoms with E-state index in [2.05, 4.69) is 5.32 Å². The van der Waals surface area contributed by atoms with Crippen molar-refractivity contribution >= 4 is 29.2 Å². The van der Waals surface area contributed by atoms with E-state index in [4.69, 9.17) is 16.3 Å². The zero-order valence-electron chi connectivity index (χ0n) is 20.8. The van der Waals surface area contributed by atoms with Gasteiger partial charge in [0, 0.05) is 0 Å². The maximum absolute atomic E-state index is 14.8. The Kier molecular flexibility index (Phi) is 10.2. The third kappa shape index (κ3) is 7.87. The molecule has 208 valence electrons. The SMILES string of the molecule is COc1ccc([C@H](NC(=O)[C@@H](C)NC(F)(F)c2ccccc2Cl)C(=O)N[C@H](C(=O)C(F)(F)F)C(C)C)cc1. The lowest BCUT2D eigenvalue weighted by molar-refractivity contribution is -0.175. The second-order valence-electron chi connectivity index (χ2n) is 8.73. The lowest BCUT2D eigenvalue weighted by Gasteiger charge is -2.28. The van der Waals surface area contributed by atoms with Gasteiger partial charge in [0.05, 0.1) is 29.8 Å². The Morgan fingerprint density at radius 2 is 1.45 bits per heavy atom. The van der Waals surface area contributed by atoms with Crippen molar-refractivity contribution in [3.05, 3.63) is 64.7 Å². The fourth-order valence-corrected chi connectivity index (χ4v) is 3.70. The van der Waals surface area contributed by atoms with Crippen LogP contribution in [0, 0.1) is 5.92 Å². The molecular formula is C25H27ClF5N3O4. The first-order valence-corrected chi connectivity index (χ1v) is 11.7. The molecule has 3 atom stereocenters. The summed E-state index contributed by atoms with van der Waals surface area (Å²) in [4.78, 5) is 37.8. The van der Waals surface area contributed by atoms with Crippen LogP contribution in [0.15, 0.2) is 48.5 Å². The Balaban J connectivity index is 2.32. The molecule has 0 fully saturated rings. The second kappa shape index (κ2) is 12.5. The first-order chi connectivity index (χ1) is 17.6. The van der Waals surface area contributed by atoms with E-state index in [9.17, 15) is 36.3 Å². The molecular weight excluding hydrogens is 537 g/mol. The highest BCUT2D eigenvalue weighted by atomic mass is 35.5. The number of halogens is 6. The number of carbonyl (C=O) groups is 3. The maximum Gasteiger partial charge on any atom is 0.452 e. The van der Waals surface area contributed by atoms with Crippen LogP contribution in [0.2, 0.25) is 5.02 Å². The van der Waals surface area contributed by atoms with Crippen molar-refractivity contribution in [2.45, 2.75) is 51.1 Å². The summed E-state index contributed by atoms with van der Waals surface area (Å²) >= 11 is 5.84. The highest BCUT2D eigenvalue weighted by molar-refractivity contribution is 6.31. The van der Waals surface area contributed by atoms with Crippen LogP contribution in [0.4, 0.5) is 22.0 Å². The molecule has 2 amide bonds. The van der Waals surface area contributed by atoms with Crippen LogP contribution in [0.3, 0.4) is 0 Å². The fraction of sp³-hybridized carbons (Fsp3) is 0.400. The zero-order chi connectivity index (χ0) is 28.8. The van der Waals surface area contributed by atoms with Gasteiger partial charge in [0.25, 0.3) is 5.78 Å². The van der Waals surface area contributed by atoms with E-state index in [-0.39, 0.29) is 10.6 Å². The summed E-state index contributed by atoms with van der Waals surface area (Å²) in [5.74, 6) is -4.97. The third-order valence-corrected chi connectivity index (χ3v) is 5.86. The predicted octanol–water partition coefficient (Wildman–Crippen LogP) is 4.51. The molecule has 0 radical (unpaired) electrons. The summed E-state index contributed by atoms with van der Waals surface area (Å²) in [7, 11) is 1.38. The number of hydrogen-bond acceptors (Lipinski definition) is 5. The Morgan fingerprint density at radius 1 is 0.868 bits per heavy atom. The Hall–Kier alpha value is -3.25. The zero-order valence-corrected chi connectivity index (χ0v) is 21.6. The van der Waals surface area contributed by atoms with Gasteiger partial charge in [-0.1, -0.05) is 55.8 Å². The number of ether oxygens (including phenoxy) is 1. The summed E-state index contributed by atoms with van der Waals surface area (Å²) in [6, 6.07) is 1.75. The molecule has 2 aromatic carbocycles. The fourth-order valence-electron chi connectivity index (χ4n) is 3.44. The molecule has 0 saturated heterocycles. The molecule has 0 heterocycles. The number of methoxy groups -OCH3 is 1. The van der Waals surface area contributed by atoms with Crippen LogP contribution in [0.5, 0.6) is 5.75 Å². The standard InChI is InChI=1S/C25H27ClF5N3O4/c1-13(2)19(21(35)24(27,28)29)32-23(37)20(15-9-11-16(38-4)12-10-15)33-22(36)14(3)34-25(30,31)17-7-5-6-8-18(17)26/h5-14,19-20,34H,1-4H3,(H,32,37)(H,33,36)/t14-,19+,20+/m1/s1. The van der Waals surface area contributed by atoms with Crippen LogP contribution in [0.25, 0.3) is 0 Å². The number of Topliss-reactive ketones (excluding diaryl/α,β-unsaturated/α-hetero) is 1. The number of alkyl halides is 5. The lowest BCUT2D eigenvalue weighted by atomic mass is 9.97. The molecule has 2 aromatic rings. The van der Waals surface area contributed by atoms with E-state index in [1.165, 1.54) is 63.4 Å². The van der Waals surface area contributed by atoms with Crippen molar-refractivity contribution in [1.82, 2.24) is 16.0 Å². The number of ketones is 1. The molecule has 2 rings (SSSR count). The normalized spacial score (nSPS) is 14.4. The van der Waals surface area contributed by atoms with Crippen LogP contribution in [-0.2, 0) is 20.4 Å². The van der Waals surface area contributed by atoms with E-state index in [0.717, 1.165) is 13.0 Å². The minimum absolute atomic E-state index is 0.101. The van der Waals surface area contributed by atoms with Gasteiger partial charge in [0.15, 0.2) is 0 Å². The van der Waals surface area contributed by atoms with Gasteiger partial charge in [-0.3, -0.25) is 14.4 Å². The molecule has 0 aliphatic carbocycles. The first-order valence-electron chi connectivity index (χ1n) is 11.3. The molecule has 0 aliphatic rings. The highest BCUT2D eigenvalue weighted by Crippen LogP contribution is 2.31. The van der Waals surface area contributed by atoms with Crippen LogP contribution in [-0.4, -0.2) is 43.0 Å². The van der Waals surface area contributed by atoms with Gasteiger partial charge < -0.3 is 15.4 Å². The molecule has 0 saturated carbocycles. The van der Waals surface area contributed by atoms with Gasteiger partial charge in [0.2, 0.25) is 11.8 Å². The highest BCUT2D eigenvalue weighted by Gasteiger charge is 2.45. The van der Waals surface area contributed by atoms with E-state index in [1.54, 1.807) is 0 Å². The Bertz CT molecular complexity index is 1140. The summed E-state index contributed by atoms with van der Waals surface area (Å²) in [5.41, 5.74) is -0.486. The quantitative estimate of drug-likeness (QED) is 0.276. The van der Waals surface area contributed by atoms with E-state index in [1.807, 2.05) is 10.6 Å². The van der Waals surface area contributed by atoms with Gasteiger partial charge in [-0.15, -0.1) is 0 Å². The van der Waals surface area contributed by atoms with Crippen molar-refractivity contribution < 1.29 is 41.1 Å². The number of rotatable bonds is 11. The summed E-state index contributed by atoms with van der Waals surface area (Å²) in [6.45, 7) is 3.71. The van der Waals surface area contributed by atoms with Crippen molar-refractivity contribution in [3.63, 3.8) is 0 Å². The number of benzene rings is 2. The van der Waals surface area contributed by atoms with Crippen molar-refractivity contribution in [2.75, 3.05) is 7.11 Å². The van der Waals surface area contributed by atoms with Crippen molar-refractivity contribution in [1.29, 1.82) is 0 Å². The van der Waals surface area contributed by atoms with E-state index in [0.29, 0.717) is 5.75 Å². The number of amides is 2. The van der Waals surface area contributed by atoms with Gasteiger partial charge in [-0.2, -0.15) is 22.0 Å². The predicted molar refractivity (Wildman–Crippen MR) is 130 cm³/mol. The molecule has 0 aliphatic heterocycles. The van der Waals surface area contributed by atoms with E-state index >= 15 is 0 Å². The second-order valence-corrected chi connectivity index (χ2v) is 9.13. The largest absolute Gasteiger partial charge is 0.497 e. The summed E-state index contributed by atoms with van der Waals surface area (Å²) < 4.78 is 73.9. The van der Waals surface area contributed by atoms with Crippen molar-refractivity contribution in [2.24, 2.45) is 5.92 Å². The minimum Gasteiger partial charge on any atom is -0.497 e. The molecule has 0 spiro atoms. The topological polar surface area (TPSA) is 96.5 Å². The maximum atomic E-state index is 14.8. The van der Waals surface area contributed by atoms with Gasteiger partial charge >= 0.3 is 12.2 Å². The van der Waals surface area contributed by atoms with Gasteiger partial charge in [-0.25, -0.2) is 5.32 Å². The monoisotopic (exact) mass is 563 g/mol. The summed E-state index contributed by atoms with van der Waals surface area (Å²) in [5, 5.41) is 5.89. The first kappa shape index (κ1) is 31.0. The van der Waals surface area contributed by atoms with Gasteiger partial charge in [0.1, 0.15) is 11.8 Å². The third-order valence-electron chi connectivity index (χ3n) is 5.53. The Morgan fingerprint density at radius 3 is 1.95 bits per heavy atom. The number of carbonyl (C=O) groups excluding carboxylic acids is 3. The Labute approximate surface area is 221 Å². The smallest absolute Gasteiger partial charge is 0.452 e. The van der Waals surface area contributed by atoms with Crippen molar-refractivity contribution in [3.8, 4) is 5.75 Å². The van der Waals surface area contributed by atoms with Crippen LogP contribution >= 0.6 is 11.6 Å². The minimum atomic E-state index is -5.22. The molecule has 38 heavy (non-hydrogen) atoms. The lowest BCUT2D eigenvalue weighted by Crippen LogP contribution is -2.55. The molecule has 0 bridgehead atoms. The van der Waals surface area contributed by atoms with Gasteiger partial charge in [-0.05, 0) is 36.6 Å². The molecule has 3 N–H and O–H groups in total. The average molecular weight is 564 g/mol. The average Bonchev–Trinajstić information content (AvgIpc) is 2.84. The molecule has 0 unspecified atom stereocenters. The van der Waals surface area contributed by atoms with Crippen LogP contribution in [0.1, 0.15) is 37.9 Å². The molecule has 7 nitrogen and oxygen atoms in total. The molecule has 0 aromatic heterocycles. The van der Waals surface area contributed by atoms with E-state index < -0.39 is 59.4 Å². The summed E-state index contributed by atoms with van der Waals surface area (Å²) in [6.07, 6.45) is -5.22. The van der Waals surface area contributed by atoms with Crippen LogP contribution < -0.4 is 20.7 Å². The number of nitrogens with one attached hydrogen (secondary N) is 3. The number of hydrogen-bond donors (Lipinski definition) is 3. The molecule has 13 heteroatoms.